The van der Waals surface area contributed by atoms with Crippen LogP contribution in [0.5, 0.6) is 0 Å². The highest BCUT2D eigenvalue weighted by molar-refractivity contribution is 7.99. The largest absolute Gasteiger partial charge is 0.460 e. The van der Waals surface area contributed by atoms with Crippen LogP contribution in [0.4, 0.5) is 0 Å². The quantitative estimate of drug-likeness (QED) is 0.470. The van der Waals surface area contributed by atoms with Crippen LogP contribution in [-0.4, -0.2) is 27.1 Å². The topological polar surface area (TPSA) is 64.1 Å². The normalized spacial score (nSPS) is 11.5. The third-order valence-electron chi connectivity index (χ3n) is 3.18. The van der Waals surface area contributed by atoms with E-state index in [0.29, 0.717) is 6.42 Å². The minimum Gasteiger partial charge on any atom is -0.460 e. The number of nitrogens with one attached hydrogen (secondary N) is 1. The molecule has 0 radical (unpaired) electrons. The Labute approximate surface area is 146 Å². The Kier molecular flexibility index (Phi) is 6.31. The van der Waals surface area contributed by atoms with E-state index in [9.17, 15) is 9.59 Å². The molecule has 0 fully saturated rings. The number of benzene rings is 1. The summed E-state index contributed by atoms with van der Waals surface area (Å²) in [4.78, 5) is 23.9. The first-order valence-electron chi connectivity index (χ1n) is 8.06. The monoisotopic (exact) mass is 348 g/mol. The Hall–Kier alpha value is -1.95. The zero-order valence-electron chi connectivity index (χ0n) is 14.4. The predicted octanol–water partition coefficient (Wildman–Crippen LogP) is 3.77. The highest BCUT2D eigenvalue weighted by atomic mass is 32.2. The smallest absolute Gasteiger partial charge is 0.306 e. The van der Waals surface area contributed by atoms with E-state index in [1.807, 2.05) is 45.0 Å². The van der Waals surface area contributed by atoms with Crippen LogP contribution in [0, 0.1) is 0 Å². The van der Waals surface area contributed by atoms with Gasteiger partial charge < -0.3 is 4.74 Å². The average molecular weight is 348 g/mol. The molecule has 1 aromatic heterocycles. The Morgan fingerprint density at radius 3 is 2.46 bits per heavy atom. The van der Waals surface area contributed by atoms with Crippen LogP contribution in [-0.2, 0) is 9.53 Å². The fourth-order valence-electron chi connectivity index (χ4n) is 2.14. The number of nitrogens with zero attached hydrogens (tertiary/aromatic N) is 1. The molecule has 0 saturated heterocycles. The molecule has 0 atom stereocenters. The molecule has 0 amide bonds. The first kappa shape index (κ1) is 18.4. The molecule has 0 spiro atoms. The number of esters is 1. The second-order valence-corrected chi connectivity index (χ2v) is 7.72. The molecule has 2 rings (SSSR count). The Bertz CT molecular complexity index is 711. The maximum Gasteiger partial charge on any atom is 0.306 e. The van der Waals surface area contributed by atoms with Crippen molar-refractivity contribution in [2.24, 2.45) is 0 Å². The minimum absolute atomic E-state index is 0.113. The molecule has 130 valence electrons. The van der Waals surface area contributed by atoms with Gasteiger partial charge in [0.1, 0.15) is 5.60 Å². The molecule has 2 aromatic rings. The molecule has 24 heavy (non-hydrogen) atoms. The second kappa shape index (κ2) is 8.24. The lowest BCUT2D eigenvalue weighted by atomic mass is 10.2. The van der Waals surface area contributed by atoms with Gasteiger partial charge >= 0.3 is 5.97 Å². The molecule has 1 N–H and O–H groups in total. The van der Waals surface area contributed by atoms with E-state index in [0.717, 1.165) is 24.3 Å². The highest BCUT2D eigenvalue weighted by Crippen LogP contribution is 2.21. The first-order valence-corrected chi connectivity index (χ1v) is 9.05. The van der Waals surface area contributed by atoms with Crippen LogP contribution < -0.4 is 5.56 Å². The van der Waals surface area contributed by atoms with Gasteiger partial charge in [0.15, 0.2) is 0 Å². The van der Waals surface area contributed by atoms with Gasteiger partial charge in [0.2, 0.25) is 0 Å². The van der Waals surface area contributed by atoms with E-state index in [2.05, 4.69) is 5.10 Å². The van der Waals surface area contributed by atoms with Crippen molar-refractivity contribution in [2.45, 2.75) is 50.5 Å². The standard InChI is InChI=1S/C18H24N2O3S/c1-18(2,3)23-17(22)6-4-5-13-24-15-9-7-14(8-10-15)20-12-11-16(21)19-20/h7-12H,4-6,13H2,1-3H3,(H,19,21). The summed E-state index contributed by atoms with van der Waals surface area (Å²) in [7, 11) is 0. The van der Waals surface area contributed by atoms with Crippen molar-refractivity contribution in [3.63, 3.8) is 0 Å². The molecular weight excluding hydrogens is 324 g/mol. The zero-order chi connectivity index (χ0) is 17.6. The number of hydrogen-bond donors (Lipinski definition) is 1. The summed E-state index contributed by atoms with van der Waals surface area (Å²) in [5.41, 5.74) is 0.405. The van der Waals surface area contributed by atoms with Gasteiger partial charge in [-0.25, -0.2) is 0 Å². The molecule has 0 aliphatic heterocycles. The predicted molar refractivity (Wildman–Crippen MR) is 96.8 cm³/mol. The second-order valence-electron chi connectivity index (χ2n) is 6.55. The zero-order valence-corrected chi connectivity index (χ0v) is 15.2. The maximum atomic E-state index is 11.6. The summed E-state index contributed by atoms with van der Waals surface area (Å²) in [6.45, 7) is 5.65. The molecule has 0 aliphatic carbocycles. The molecule has 0 aliphatic rings. The van der Waals surface area contributed by atoms with Crippen molar-refractivity contribution in [3.8, 4) is 5.69 Å². The lowest BCUT2D eigenvalue weighted by Gasteiger charge is -2.19. The molecule has 6 heteroatoms. The van der Waals surface area contributed by atoms with Gasteiger partial charge in [-0.2, -0.15) is 0 Å². The van der Waals surface area contributed by atoms with Crippen LogP contribution >= 0.6 is 11.8 Å². The van der Waals surface area contributed by atoms with Gasteiger partial charge in [-0.3, -0.25) is 19.4 Å². The van der Waals surface area contributed by atoms with E-state index >= 15 is 0 Å². The number of aromatic nitrogens is 2. The molecule has 0 unspecified atom stereocenters. The van der Waals surface area contributed by atoms with Gasteiger partial charge in [-0.1, -0.05) is 0 Å². The summed E-state index contributed by atoms with van der Waals surface area (Å²) in [6, 6.07) is 9.50. The molecule has 0 saturated carbocycles. The number of thioether (sulfide) groups is 1. The van der Waals surface area contributed by atoms with Gasteiger partial charge in [0.05, 0.1) is 5.69 Å². The number of rotatable bonds is 7. The molecule has 5 nitrogen and oxygen atoms in total. The summed E-state index contributed by atoms with van der Waals surface area (Å²) < 4.78 is 6.98. The van der Waals surface area contributed by atoms with Gasteiger partial charge in [-0.15, -0.1) is 11.8 Å². The van der Waals surface area contributed by atoms with Gasteiger partial charge in [-0.05, 0) is 63.6 Å². The summed E-state index contributed by atoms with van der Waals surface area (Å²) in [6.07, 6.45) is 3.99. The summed E-state index contributed by atoms with van der Waals surface area (Å²) >= 11 is 1.76. The number of unbranched alkanes of at least 4 members (excludes halogenated alkanes) is 1. The van der Waals surface area contributed by atoms with Crippen LogP contribution in [0.15, 0.2) is 46.2 Å². The van der Waals surface area contributed by atoms with Crippen molar-refractivity contribution >= 4 is 17.7 Å². The van der Waals surface area contributed by atoms with E-state index in [1.165, 1.54) is 11.0 Å². The summed E-state index contributed by atoms with van der Waals surface area (Å²) in [5.74, 6) is 0.834. The average Bonchev–Trinajstić information content (AvgIpc) is 2.92. The number of ether oxygens (including phenoxy) is 1. The van der Waals surface area contributed by atoms with E-state index < -0.39 is 5.60 Å². The minimum atomic E-state index is -0.405. The number of H-pyrrole nitrogens is 1. The fraction of sp³-hybridized carbons (Fsp3) is 0.444. The Morgan fingerprint density at radius 1 is 1.17 bits per heavy atom. The molecule has 1 heterocycles. The number of aromatic amines is 1. The summed E-state index contributed by atoms with van der Waals surface area (Å²) in [5, 5.41) is 2.71. The molecule has 1 aromatic carbocycles. The highest BCUT2D eigenvalue weighted by Gasteiger charge is 2.15. The lowest BCUT2D eigenvalue weighted by Crippen LogP contribution is -2.23. The van der Waals surface area contributed by atoms with E-state index in [4.69, 9.17) is 4.74 Å². The van der Waals surface area contributed by atoms with Crippen molar-refractivity contribution in [2.75, 3.05) is 5.75 Å². The third-order valence-corrected chi connectivity index (χ3v) is 4.28. The van der Waals surface area contributed by atoms with Gasteiger partial charge in [0, 0.05) is 23.6 Å². The maximum absolute atomic E-state index is 11.6. The van der Waals surface area contributed by atoms with Crippen molar-refractivity contribution in [3.05, 3.63) is 46.9 Å². The third kappa shape index (κ3) is 6.28. The molecule has 0 bridgehead atoms. The van der Waals surface area contributed by atoms with Crippen LogP contribution in [0.25, 0.3) is 5.69 Å². The SMILES string of the molecule is CC(C)(C)OC(=O)CCCCSc1ccc(-n2ccc(=O)[nH]2)cc1. The van der Waals surface area contributed by atoms with Crippen LogP contribution in [0.3, 0.4) is 0 Å². The lowest BCUT2D eigenvalue weighted by molar-refractivity contribution is -0.154. The van der Waals surface area contributed by atoms with Crippen molar-refractivity contribution < 1.29 is 9.53 Å². The number of hydrogen-bond acceptors (Lipinski definition) is 4. The first-order chi connectivity index (χ1) is 11.3. The Morgan fingerprint density at radius 2 is 1.88 bits per heavy atom. The van der Waals surface area contributed by atoms with Crippen molar-refractivity contribution in [1.29, 1.82) is 0 Å². The van der Waals surface area contributed by atoms with E-state index in [-0.39, 0.29) is 11.5 Å². The van der Waals surface area contributed by atoms with E-state index in [1.54, 1.807) is 22.6 Å². The Balaban J connectivity index is 1.70. The van der Waals surface area contributed by atoms with Crippen LogP contribution in [0.2, 0.25) is 0 Å². The van der Waals surface area contributed by atoms with Crippen LogP contribution in [0.1, 0.15) is 40.0 Å². The number of carbonyl (C=O) groups excluding carboxylic acids is 1. The van der Waals surface area contributed by atoms with Gasteiger partial charge in [0.25, 0.3) is 5.56 Å². The fourth-order valence-corrected chi connectivity index (χ4v) is 3.06. The number of carbonyl (C=O) groups is 1. The molecular formula is C18H24N2O3S. The van der Waals surface area contributed by atoms with Crippen molar-refractivity contribution in [1.82, 2.24) is 9.78 Å².